The van der Waals surface area contributed by atoms with E-state index >= 15 is 0 Å². The van der Waals surface area contributed by atoms with Crippen LogP contribution in [0.4, 0.5) is 11.5 Å². The van der Waals surface area contributed by atoms with Crippen molar-refractivity contribution in [3.63, 3.8) is 0 Å². The van der Waals surface area contributed by atoms with Crippen LogP contribution in [0.5, 0.6) is 0 Å². The van der Waals surface area contributed by atoms with Crippen LogP contribution in [0.2, 0.25) is 10.0 Å². The highest BCUT2D eigenvalue weighted by atomic mass is 35.5. The molecule has 0 saturated heterocycles. The van der Waals surface area contributed by atoms with Crippen molar-refractivity contribution in [3.05, 3.63) is 69.8 Å². The summed E-state index contributed by atoms with van der Waals surface area (Å²) in [5, 5.41) is 9.25. The maximum atomic E-state index is 12.7. The summed E-state index contributed by atoms with van der Waals surface area (Å²) in [6.07, 6.45) is 1.33. The van der Waals surface area contributed by atoms with E-state index < -0.39 is 0 Å². The molecule has 0 amide bonds. The molecule has 4 nitrogen and oxygen atoms in total. The number of aromatic nitrogens is 2. The maximum Gasteiger partial charge on any atom is 0.168 e. The smallest absolute Gasteiger partial charge is 0.168 e. The van der Waals surface area contributed by atoms with E-state index in [-0.39, 0.29) is 11.7 Å². The van der Waals surface area contributed by atoms with Gasteiger partial charge >= 0.3 is 0 Å². The standard InChI is InChI=1S/C20H17Cl2N3O/c1-12-9-17-19(18(26)10-12)20(23-15-4-2-3-14(22)11-15)24-25(17)16-7-5-13(21)6-8-16/h2-8,11-12H,9-10H2,1H3,(H,23,24). The first kappa shape index (κ1) is 17.1. The Bertz CT molecular complexity index is 979. The first-order chi connectivity index (χ1) is 12.5. The summed E-state index contributed by atoms with van der Waals surface area (Å²) in [6, 6.07) is 14.8. The Labute approximate surface area is 161 Å². The molecule has 1 N–H and O–H groups in total. The van der Waals surface area contributed by atoms with Gasteiger partial charge in [0.15, 0.2) is 11.6 Å². The van der Waals surface area contributed by atoms with Crippen LogP contribution < -0.4 is 5.32 Å². The van der Waals surface area contributed by atoms with Crippen molar-refractivity contribution in [2.24, 2.45) is 5.92 Å². The molecule has 132 valence electrons. The van der Waals surface area contributed by atoms with Crippen molar-refractivity contribution in [2.75, 3.05) is 5.32 Å². The van der Waals surface area contributed by atoms with Crippen LogP contribution >= 0.6 is 23.2 Å². The number of hydrogen-bond acceptors (Lipinski definition) is 3. The van der Waals surface area contributed by atoms with E-state index in [4.69, 9.17) is 28.3 Å². The molecule has 6 heteroatoms. The van der Waals surface area contributed by atoms with Crippen LogP contribution in [0.15, 0.2) is 48.5 Å². The molecule has 26 heavy (non-hydrogen) atoms. The van der Waals surface area contributed by atoms with E-state index in [0.29, 0.717) is 27.8 Å². The van der Waals surface area contributed by atoms with Crippen LogP contribution in [0, 0.1) is 5.92 Å². The van der Waals surface area contributed by atoms with E-state index in [9.17, 15) is 4.79 Å². The first-order valence-electron chi connectivity index (χ1n) is 8.45. The van der Waals surface area contributed by atoms with Gasteiger partial charge in [-0.3, -0.25) is 4.79 Å². The van der Waals surface area contributed by atoms with Gasteiger partial charge in [-0.15, -0.1) is 5.10 Å². The summed E-state index contributed by atoms with van der Waals surface area (Å²) in [7, 11) is 0. The number of ketones is 1. The number of anilines is 2. The lowest BCUT2D eigenvalue weighted by Gasteiger charge is -2.19. The van der Waals surface area contributed by atoms with Crippen molar-refractivity contribution in [1.82, 2.24) is 9.78 Å². The average molecular weight is 386 g/mol. The zero-order valence-corrected chi connectivity index (χ0v) is 15.7. The molecule has 1 aromatic heterocycles. The summed E-state index contributed by atoms with van der Waals surface area (Å²) in [5.41, 5.74) is 3.28. The van der Waals surface area contributed by atoms with Gasteiger partial charge in [0, 0.05) is 22.2 Å². The number of carbonyl (C=O) groups is 1. The Hall–Kier alpha value is -2.30. The number of fused-ring (bicyclic) bond motifs is 1. The van der Waals surface area contributed by atoms with Crippen molar-refractivity contribution >= 4 is 40.5 Å². The third kappa shape index (κ3) is 3.22. The predicted octanol–water partition coefficient (Wildman–Crippen LogP) is 5.69. The zero-order chi connectivity index (χ0) is 18.3. The van der Waals surface area contributed by atoms with Crippen LogP contribution in [-0.2, 0) is 6.42 Å². The van der Waals surface area contributed by atoms with Gasteiger partial charge in [-0.2, -0.15) is 0 Å². The second-order valence-corrected chi connectivity index (χ2v) is 7.50. The van der Waals surface area contributed by atoms with Crippen LogP contribution in [0.1, 0.15) is 29.4 Å². The number of benzene rings is 2. The average Bonchev–Trinajstić information content (AvgIpc) is 2.94. The Morgan fingerprint density at radius 3 is 2.58 bits per heavy atom. The molecular weight excluding hydrogens is 369 g/mol. The number of nitrogens with zero attached hydrogens (tertiary/aromatic N) is 2. The summed E-state index contributed by atoms with van der Waals surface area (Å²) >= 11 is 12.1. The molecule has 3 aromatic rings. The van der Waals surface area contributed by atoms with Crippen molar-refractivity contribution in [1.29, 1.82) is 0 Å². The lowest BCUT2D eigenvalue weighted by molar-refractivity contribution is 0.0953. The second kappa shape index (κ2) is 6.78. The Kier molecular flexibility index (Phi) is 4.47. The summed E-state index contributed by atoms with van der Waals surface area (Å²) in [6.45, 7) is 2.09. The third-order valence-corrected chi connectivity index (χ3v) is 4.98. The van der Waals surface area contributed by atoms with Gasteiger partial charge in [0.1, 0.15) is 0 Å². The topological polar surface area (TPSA) is 46.9 Å². The van der Waals surface area contributed by atoms with Gasteiger partial charge < -0.3 is 5.32 Å². The highest BCUT2D eigenvalue weighted by molar-refractivity contribution is 6.31. The zero-order valence-electron chi connectivity index (χ0n) is 14.2. The molecule has 2 aromatic carbocycles. The molecule has 1 heterocycles. The molecule has 0 spiro atoms. The maximum absolute atomic E-state index is 12.7. The molecule has 0 aliphatic heterocycles. The van der Waals surface area contributed by atoms with Gasteiger partial charge in [-0.05, 0) is 54.8 Å². The van der Waals surface area contributed by atoms with E-state index in [1.165, 1.54) is 0 Å². The second-order valence-electron chi connectivity index (χ2n) is 6.63. The molecule has 0 fully saturated rings. The molecule has 0 saturated carbocycles. The molecule has 1 aliphatic rings. The van der Waals surface area contributed by atoms with E-state index in [0.717, 1.165) is 23.5 Å². The van der Waals surface area contributed by atoms with Crippen molar-refractivity contribution < 1.29 is 4.79 Å². The van der Waals surface area contributed by atoms with Gasteiger partial charge in [-0.1, -0.05) is 36.2 Å². The molecule has 1 aliphatic carbocycles. The Morgan fingerprint density at radius 2 is 1.85 bits per heavy atom. The first-order valence-corrected chi connectivity index (χ1v) is 9.20. The minimum absolute atomic E-state index is 0.114. The van der Waals surface area contributed by atoms with Gasteiger partial charge in [0.05, 0.1) is 16.9 Å². The molecule has 1 unspecified atom stereocenters. The quantitative estimate of drug-likeness (QED) is 0.629. The van der Waals surface area contributed by atoms with Crippen LogP contribution in [-0.4, -0.2) is 15.6 Å². The summed E-state index contributed by atoms with van der Waals surface area (Å²) in [5.74, 6) is 0.967. The van der Waals surface area contributed by atoms with Gasteiger partial charge in [0.2, 0.25) is 0 Å². The monoisotopic (exact) mass is 385 g/mol. The van der Waals surface area contributed by atoms with Gasteiger partial charge in [0.25, 0.3) is 0 Å². The number of hydrogen-bond donors (Lipinski definition) is 1. The number of carbonyl (C=O) groups excluding carboxylic acids is 1. The summed E-state index contributed by atoms with van der Waals surface area (Å²) < 4.78 is 1.84. The van der Waals surface area contributed by atoms with Gasteiger partial charge in [-0.25, -0.2) is 4.68 Å². The Morgan fingerprint density at radius 1 is 1.08 bits per heavy atom. The normalized spacial score (nSPS) is 16.4. The molecule has 0 radical (unpaired) electrons. The minimum atomic E-state index is 0.114. The van der Waals surface area contributed by atoms with Crippen molar-refractivity contribution in [2.45, 2.75) is 19.8 Å². The largest absolute Gasteiger partial charge is 0.338 e. The van der Waals surface area contributed by atoms with E-state index in [1.54, 1.807) is 6.07 Å². The predicted molar refractivity (Wildman–Crippen MR) is 105 cm³/mol. The Balaban J connectivity index is 1.83. The third-order valence-electron chi connectivity index (χ3n) is 4.49. The highest BCUT2D eigenvalue weighted by Gasteiger charge is 2.31. The highest BCUT2D eigenvalue weighted by Crippen LogP contribution is 2.34. The van der Waals surface area contributed by atoms with Crippen LogP contribution in [0.25, 0.3) is 5.69 Å². The SMILES string of the molecule is CC1CC(=O)c2c(Nc3cccc(Cl)c3)nn(-c3ccc(Cl)cc3)c2C1. The summed E-state index contributed by atoms with van der Waals surface area (Å²) in [4.78, 5) is 12.7. The minimum Gasteiger partial charge on any atom is -0.338 e. The number of Topliss-reactive ketones (excluding diaryl/α,β-unsaturated/α-hetero) is 1. The van der Waals surface area contributed by atoms with E-state index in [2.05, 4.69) is 12.2 Å². The van der Waals surface area contributed by atoms with Crippen LogP contribution in [0.3, 0.4) is 0 Å². The fourth-order valence-electron chi connectivity index (χ4n) is 3.34. The molecule has 1 atom stereocenters. The molecule has 0 bridgehead atoms. The lowest BCUT2D eigenvalue weighted by Crippen LogP contribution is -2.19. The lowest BCUT2D eigenvalue weighted by atomic mass is 9.87. The molecular formula is C20H17Cl2N3O. The number of nitrogens with one attached hydrogen (secondary N) is 1. The number of rotatable bonds is 3. The molecule has 4 rings (SSSR count). The van der Waals surface area contributed by atoms with Crippen molar-refractivity contribution in [3.8, 4) is 5.69 Å². The fourth-order valence-corrected chi connectivity index (χ4v) is 3.66. The number of halogens is 2. The fraction of sp³-hybridized carbons (Fsp3) is 0.200. The van der Waals surface area contributed by atoms with E-state index in [1.807, 2.05) is 47.1 Å².